The van der Waals surface area contributed by atoms with Crippen LogP contribution in [0.5, 0.6) is 0 Å². The Kier molecular flexibility index (Phi) is 7.55. The number of likely N-dealkylation sites (tertiary alicyclic amines) is 1. The van der Waals surface area contributed by atoms with Crippen LogP contribution in [-0.2, 0) is 16.1 Å². The molecule has 0 saturated carbocycles. The molecule has 4 rings (SSSR count). The summed E-state index contributed by atoms with van der Waals surface area (Å²) in [5, 5.41) is 7.96. The van der Waals surface area contributed by atoms with Gasteiger partial charge < -0.3 is 14.8 Å². The number of hydrogen-bond acceptors (Lipinski definition) is 6. The van der Waals surface area contributed by atoms with Crippen LogP contribution in [0.4, 0.5) is 13.2 Å². The van der Waals surface area contributed by atoms with Gasteiger partial charge in [-0.3, -0.25) is 9.88 Å². The molecule has 1 aromatic carbocycles. The largest absolute Gasteiger partial charge is 0.490 e. The Balaban J connectivity index is 0.000000406. The second-order valence-electron chi connectivity index (χ2n) is 7.93. The molecule has 1 aliphatic rings. The van der Waals surface area contributed by atoms with Crippen LogP contribution < -0.4 is 0 Å². The van der Waals surface area contributed by atoms with Crippen molar-refractivity contribution in [2.75, 3.05) is 13.7 Å². The van der Waals surface area contributed by atoms with Crippen molar-refractivity contribution in [1.29, 1.82) is 0 Å². The van der Waals surface area contributed by atoms with Crippen molar-refractivity contribution in [2.24, 2.45) is 0 Å². The van der Waals surface area contributed by atoms with Crippen LogP contribution in [0.2, 0.25) is 0 Å². The monoisotopic (exact) mass is 478 g/mol. The second-order valence-corrected chi connectivity index (χ2v) is 7.93. The number of fused-ring (bicyclic) bond motifs is 1. The molecule has 0 bridgehead atoms. The van der Waals surface area contributed by atoms with Gasteiger partial charge in [0.05, 0.1) is 29.9 Å². The highest BCUT2D eigenvalue weighted by molar-refractivity contribution is 6.04. The third-order valence-corrected chi connectivity index (χ3v) is 5.70. The van der Waals surface area contributed by atoms with Crippen molar-refractivity contribution in [3.63, 3.8) is 0 Å². The second kappa shape index (κ2) is 10.2. The molecule has 1 unspecified atom stereocenters. The molecule has 1 atom stereocenters. The zero-order valence-corrected chi connectivity index (χ0v) is 18.9. The summed E-state index contributed by atoms with van der Waals surface area (Å²) in [5.41, 5.74) is 4.72. The van der Waals surface area contributed by atoms with E-state index in [0.717, 1.165) is 59.6 Å². The fourth-order valence-electron chi connectivity index (χ4n) is 3.92. The van der Waals surface area contributed by atoms with Gasteiger partial charge in [0.1, 0.15) is 5.82 Å². The Bertz CT molecular complexity index is 1170. The van der Waals surface area contributed by atoms with Crippen molar-refractivity contribution in [3.8, 4) is 0 Å². The molecule has 1 aliphatic heterocycles. The number of aromatic nitrogens is 3. The number of carbonyl (C=O) groups excluding carboxylic acids is 1. The minimum absolute atomic E-state index is 0.288. The highest BCUT2D eigenvalue weighted by Crippen LogP contribution is 2.33. The molecule has 3 heterocycles. The lowest BCUT2D eigenvalue weighted by Crippen LogP contribution is -2.24. The molecule has 3 aromatic rings. The van der Waals surface area contributed by atoms with Crippen molar-refractivity contribution >= 4 is 22.8 Å². The summed E-state index contributed by atoms with van der Waals surface area (Å²) in [6.07, 6.45) is -1.07. The van der Waals surface area contributed by atoms with Gasteiger partial charge >= 0.3 is 18.1 Å². The number of carboxylic acids is 1. The average molecular weight is 478 g/mol. The molecule has 1 fully saturated rings. The lowest BCUT2D eigenvalue weighted by molar-refractivity contribution is -0.192. The molecule has 0 radical (unpaired) electrons. The number of imidazole rings is 1. The van der Waals surface area contributed by atoms with Crippen molar-refractivity contribution < 1.29 is 32.6 Å². The maximum absolute atomic E-state index is 12.1. The van der Waals surface area contributed by atoms with E-state index in [2.05, 4.69) is 21.8 Å². The summed E-state index contributed by atoms with van der Waals surface area (Å²) in [6, 6.07) is 7.91. The number of hydrogen-bond donors (Lipinski definition) is 2. The highest BCUT2D eigenvalue weighted by atomic mass is 19.4. The van der Waals surface area contributed by atoms with E-state index in [1.54, 1.807) is 6.20 Å². The molecular formula is C23H25F3N4O4. The highest BCUT2D eigenvalue weighted by Gasteiger charge is 2.38. The standard InChI is InChI=1S/C21H24N4O2.C2HF3O2/c1-13-14(2)24-20(23-13)18-7-5-11-25(18)12-15-8-9-17(21(26)27-3)16-6-4-10-22-19(15)16;3-2(4,5)1(6)7/h4,6,8-10,18H,5,7,11-12H2,1-3H3,(H,23,24);(H,6,7). The predicted molar refractivity (Wildman–Crippen MR) is 117 cm³/mol. The molecule has 2 N–H and O–H groups in total. The number of nitrogens with zero attached hydrogens (tertiary/aromatic N) is 3. The third-order valence-electron chi connectivity index (χ3n) is 5.70. The number of methoxy groups -OCH3 is 1. The molecule has 0 spiro atoms. The zero-order chi connectivity index (χ0) is 25.0. The van der Waals surface area contributed by atoms with Gasteiger partial charge in [-0.05, 0) is 50.9 Å². The number of aromatic amines is 1. The van der Waals surface area contributed by atoms with Gasteiger partial charge in [-0.1, -0.05) is 12.1 Å². The molecule has 8 nitrogen and oxygen atoms in total. The van der Waals surface area contributed by atoms with E-state index in [1.807, 2.05) is 31.2 Å². The van der Waals surface area contributed by atoms with E-state index in [9.17, 15) is 18.0 Å². The number of benzene rings is 1. The van der Waals surface area contributed by atoms with Gasteiger partial charge in [-0.15, -0.1) is 0 Å². The first-order valence-electron chi connectivity index (χ1n) is 10.5. The van der Waals surface area contributed by atoms with Crippen LogP contribution in [0, 0.1) is 13.8 Å². The topological polar surface area (TPSA) is 108 Å². The van der Waals surface area contributed by atoms with Crippen LogP contribution in [0.1, 0.15) is 52.0 Å². The van der Waals surface area contributed by atoms with Crippen LogP contribution in [0.25, 0.3) is 10.9 Å². The first kappa shape index (κ1) is 25.2. The number of aryl methyl sites for hydroxylation is 2. The molecule has 0 aliphatic carbocycles. The van der Waals surface area contributed by atoms with E-state index < -0.39 is 12.1 Å². The normalized spacial score (nSPS) is 16.2. The number of rotatable bonds is 4. The minimum Gasteiger partial charge on any atom is -0.475 e. The maximum atomic E-state index is 12.1. The Hall–Kier alpha value is -3.47. The van der Waals surface area contributed by atoms with E-state index in [-0.39, 0.29) is 12.0 Å². The number of alkyl halides is 3. The smallest absolute Gasteiger partial charge is 0.475 e. The molecule has 2 aromatic heterocycles. The predicted octanol–water partition coefficient (Wildman–Crippen LogP) is 4.33. The summed E-state index contributed by atoms with van der Waals surface area (Å²) < 4.78 is 36.7. The minimum atomic E-state index is -5.08. The number of halogens is 3. The Morgan fingerprint density at radius 1 is 1.26 bits per heavy atom. The van der Waals surface area contributed by atoms with Gasteiger partial charge in [0, 0.05) is 23.8 Å². The maximum Gasteiger partial charge on any atom is 0.490 e. The third kappa shape index (κ3) is 5.53. The van der Waals surface area contributed by atoms with E-state index in [4.69, 9.17) is 19.6 Å². The van der Waals surface area contributed by atoms with Crippen LogP contribution >= 0.6 is 0 Å². The van der Waals surface area contributed by atoms with Crippen LogP contribution in [0.3, 0.4) is 0 Å². The first-order chi connectivity index (χ1) is 16.0. The number of carboxylic acid groups (broad SMARTS) is 1. The van der Waals surface area contributed by atoms with Crippen LogP contribution in [-0.4, -0.2) is 56.7 Å². The van der Waals surface area contributed by atoms with E-state index in [0.29, 0.717) is 5.56 Å². The SMILES string of the molecule is COC(=O)c1ccc(CN2CCCC2c2nc(C)c(C)[nH]2)c2ncccc12.O=C(O)C(F)(F)F. The van der Waals surface area contributed by atoms with E-state index in [1.165, 1.54) is 7.11 Å². The van der Waals surface area contributed by atoms with Gasteiger partial charge in [0.25, 0.3) is 0 Å². The Morgan fingerprint density at radius 2 is 1.97 bits per heavy atom. The Morgan fingerprint density at radius 3 is 2.56 bits per heavy atom. The molecule has 34 heavy (non-hydrogen) atoms. The lowest BCUT2D eigenvalue weighted by atomic mass is 10.0. The molecule has 182 valence electrons. The molecular weight excluding hydrogens is 453 g/mol. The molecule has 11 heteroatoms. The summed E-state index contributed by atoms with van der Waals surface area (Å²) in [5.74, 6) is -2.04. The summed E-state index contributed by atoms with van der Waals surface area (Å²) in [4.78, 5) is 36.1. The van der Waals surface area contributed by atoms with Crippen LogP contribution in [0.15, 0.2) is 30.5 Å². The average Bonchev–Trinajstić information content (AvgIpc) is 3.39. The summed E-state index contributed by atoms with van der Waals surface area (Å²) in [7, 11) is 1.40. The lowest BCUT2D eigenvalue weighted by Gasteiger charge is -2.23. The fourth-order valence-corrected chi connectivity index (χ4v) is 3.92. The Labute approximate surface area is 193 Å². The molecule has 0 amide bonds. The van der Waals surface area contributed by atoms with Crippen molar-refractivity contribution in [1.82, 2.24) is 19.9 Å². The van der Waals surface area contributed by atoms with Gasteiger partial charge in [-0.25, -0.2) is 14.6 Å². The number of nitrogens with one attached hydrogen (secondary N) is 1. The summed E-state index contributed by atoms with van der Waals surface area (Å²) in [6.45, 7) is 5.90. The number of H-pyrrole nitrogens is 1. The van der Waals surface area contributed by atoms with Gasteiger partial charge in [0.2, 0.25) is 0 Å². The van der Waals surface area contributed by atoms with Crippen molar-refractivity contribution in [3.05, 3.63) is 58.8 Å². The van der Waals surface area contributed by atoms with Crippen molar-refractivity contribution in [2.45, 2.75) is 45.5 Å². The number of ether oxygens (including phenoxy) is 1. The molecule has 1 saturated heterocycles. The number of esters is 1. The quantitative estimate of drug-likeness (QED) is 0.537. The zero-order valence-electron chi connectivity index (χ0n) is 18.9. The summed E-state index contributed by atoms with van der Waals surface area (Å²) >= 11 is 0. The van der Waals surface area contributed by atoms with Gasteiger partial charge in [-0.2, -0.15) is 13.2 Å². The number of carbonyl (C=O) groups is 2. The van der Waals surface area contributed by atoms with E-state index >= 15 is 0 Å². The number of pyridine rings is 1. The first-order valence-corrected chi connectivity index (χ1v) is 10.5. The number of aliphatic carboxylic acids is 1. The fraction of sp³-hybridized carbons (Fsp3) is 0.391. The van der Waals surface area contributed by atoms with Gasteiger partial charge in [0.15, 0.2) is 0 Å².